The highest BCUT2D eigenvalue weighted by Gasteiger charge is 2.03. The van der Waals surface area contributed by atoms with Crippen molar-refractivity contribution in [2.45, 2.75) is 20.3 Å². The van der Waals surface area contributed by atoms with Gasteiger partial charge in [-0.1, -0.05) is 74.5 Å². The van der Waals surface area contributed by atoms with Gasteiger partial charge in [0.05, 0.1) is 5.69 Å². The molecule has 0 radical (unpaired) electrons. The third-order valence-corrected chi connectivity index (χ3v) is 3.76. The van der Waals surface area contributed by atoms with Gasteiger partial charge in [-0.2, -0.15) is 0 Å². The normalized spacial score (nSPS) is 10.9. The Hall–Kier alpha value is -2.41. The van der Waals surface area contributed by atoms with Crippen molar-refractivity contribution in [1.29, 1.82) is 0 Å². The lowest BCUT2D eigenvalue weighted by atomic mass is 10.0. The molecule has 3 rings (SSSR count). The van der Waals surface area contributed by atoms with Crippen LogP contribution in [0, 0.1) is 5.92 Å². The molecule has 1 heteroatoms. The molecule has 0 amide bonds. The zero-order valence-electron chi connectivity index (χ0n) is 13.2. The van der Waals surface area contributed by atoms with E-state index in [-0.39, 0.29) is 0 Å². The Labute approximate surface area is 132 Å². The summed E-state index contributed by atoms with van der Waals surface area (Å²) in [5.74, 6) is 0.689. The lowest BCUT2D eigenvalue weighted by molar-refractivity contribution is 0.647. The van der Waals surface area contributed by atoms with E-state index in [1.54, 1.807) is 0 Å². The van der Waals surface area contributed by atoms with E-state index in [0.29, 0.717) is 5.92 Å². The van der Waals surface area contributed by atoms with Gasteiger partial charge in [-0.15, -0.1) is 0 Å². The average Bonchev–Trinajstić information content (AvgIpc) is 2.56. The largest absolute Gasteiger partial charge is 0.256 e. The van der Waals surface area contributed by atoms with Crippen LogP contribution < -0.4 is 0 Å². The van der Waals surface area contributed by atoms with Gasteiger partial charge in [0, 0.05) is 17.3 Å². The highest BCUT2D eigenvalue weighted by Crippen LogP contribution is 2.23. The van der Waals surface area contributed by atoms with Crippen molar-refractivity contribution >= 4 is 0 Å². The maximum absolute atomic E-state index is 4.62. The fourth-order valence-electron chi connectivity index (χ4n) is 2.65. The number of hydrogen-bond acceptors (Lipinski definition) is 1. The van der Waals surface area contributed by atoms with Crippen LogP contribution in [0.15, 0.2) is 72.9 Å². The minimum atomic E-state index is 0.689. The Bertz CT molecular complexity index is 710. The summed E-state index contributed by atoms with van der Waals surface area (Å²) in [5, 5.41) is 0. The first-order valence-electron chi connectivity index (χ1n) is 7.83. The fraction of sp³-hybridized carbons (Fsp3) is 0.190. The highest BCUT2D eigenvalue weighted by molar-refractivity contribution is 5.66. The van der Waals surface area contributed by atoms with E-state index in [2.05, 4.69) is 79.5 Å². The Morgan fingerprint density at radius 1 is 0.727 bits per heavy atom. The SMILES string of the molecule is CC(C)Cc1ccc(-c2ccc(-c3ccccc3)cn2)cc1. The predicted molar refractivity (Wildman–Crippen MR) is 93.7 cm³/mol. The van der Waals surface area contributed by atoms with E-state index in [1.165, 1.54) is 16.7 Å². The summed E-state index contributed by atoms with van der Waals surface area (Å²) in [5.41, 5.74) is 5.94. The Balaban J connectivity index is 1.81. The van der Waals surface area contributed by atoms with Gasteiger partial charge >= 0.3 is 0 Å². The molecule has 0 atom stereocenters. The van der Waals surface area contributed by atoms with Gasteiger partial charge in [-0.3, -0.25) is 4.98 Å². The molecule has 0 N–H and O–H groups in total. The van der Waals surface area contributed by atoms with Gasteiger partial charge in [-0.05, 0) is 29.5 Å². The summed E-state index contributed by atoms with van der Waals surface area (Å²) < 4.78 is 0. The standard InChI is InChI=1S/C21H21N/c1-16(2)14-17-8-10-19(11-9-17)21-13-12-20(15-22-21)18-6-4-3-5-7-18/h3-13,15-16H,14H2,1-2H3. The molecular weight excluding hydrogens is 266 g/mol. The maximum Gasteiger partial charge on any atom is 0.0702 e. The monoisotopic (exact) mass is 287 g/mol. The molecule has 1 nitrogen and oxygen atoms in total. The Morgan fingerprint density at radius 3 is 2.00 bits per heavy atom. The van der Waals surface area contributed by atoms with Crippen molar-refractivity contribution in [3.63, 3.8) is 0 Å². The average molecular weight is 287 g/mol. The number of aromatic nitrogens is 1. The predicted octanol–water partition coefficient (Wildman–Crippen LogP) is 5.61. The van der Waals surface area contributed by atoms with Crippen molar-refractivity contribution < 1.29 is 0 Å². The van der Waals surface area contributed by atoms with Crippen molar-refractivity contribution in [3.05, 3.63) is 78.5 Å². The quantitative estimate of drug-likeness (QED) is 0.607. The first kappa shape index (κ1) is 14.5. The number of rotatable bonds is 4. The second-order valence-electron chi connectivity index (χ2n) is 6.09. The zero-order chi connectivity index (χ0) is 15.4. The Morgan fingerprint density at radius 2 is 1.41 bits per heavy atom. The van der Waals surface area contributed by atoms with Gasteiger partial charge < -0.3 is 0 Å². The molecule has 1 aromatic heterocycles. The first-order valence-corrected chi connectivity index (χ1v) is 7.83. The number of pyridine rings is 1. The summed E-state index contributed by atoms with van der Waals surface area (Å²) in [6.45, 7) is 4.50. The van der Waals surface area contributed by atoms with Crippen LogP contribution in [0.3, 0.4) is 0 Å². The topological polar surface area (TPSA) is 12.9 Å². The molecule has 0 bridgehead atoms. The summed E-state index contributed by atoms with van der Waals surface area (Å²) in [6.07, 6.45) is 3.08. The summed E-state index contributed by atoms with van der Waals surface area (Å²) in [7, 11) is 0. The molecule has 0 saturated heterocycles. The molecule has 0 aliphatic heterocycles. The smallest absolute Gasteiger partial charge is 0.0702 e. The van der Waals surface area contributed by atoms with Crippen LogP contribution in [0.2, 0.25) is 0 Å². The van der Waals surface area contributed by atoms with Crippen LogP contribution in [0.25, 0.3) is 22.4 Å². The lowest BCUT2D eigenvalue weighted by Crippen LogP contribution is -1.93. The summed E-state index contributed by atoms with van der Waals surface area (Å²) in [4.78, 5) is 4.62. The van der Waals surface area contributed by atoms with Gasteiger partial charge in [0.15, 0.2) is 0 Å². The molecule has 0 saturated carbocycles. The maximum atomic E-state index is 4.62. The van der Waals surface area contributed by atoms with Crippen molar-refractivity contribution in [2.75, 3.05) is 0 Å². The van der Waals surface area contributed by atoms with E-state index >= 15 is 0 Å². The van der Waals surface area contributed by atoms with Crippen LogP contribution in [-0.4, -0.2) is 4.98 Å². The van der Waals surface area contributed by atoms with Crippen LogP contribution in [0.1, 0.15) is 19.4 Å². The molecule has 0 unspecified atom stereocenters. The Kier molecular flexibility index (Phi) is 4.34. The molecule has 3 aromatic rings. The molecule has 0 fully saturated rings. The van der Waals surface area contributed by atoms with Crippen molar-refractivity contribution in [1.82, 2.24) is 4.98 Å². The molecule has 0 aliphatic carbocycles. The van der Waals surface area contributed by atoms with Crippen LogP contribution in [-0.2, 0) is 6.42 Å². The second-order valence-corrected chi connectivity index (χ2v) is 6.09. The van der Waals surface area contributed by atoms with E-state index in [0.717, 1.165) is 17.7 Å². The van der Waals surface area contributed by atoms with Gasteiger partial charge in [0.25, 0.3) is 0 Å². The summed E-state index contributed by atoms with van der Waals surface area (Å²) >= 11 is 0. The van der Waals surface area contributed by atoms with E-state index in [9.17, 15) is 0 Å². The van der Waals surface area contributed by atoms with Crippen LogP contribution in [0.4, 0.5) is 0 Å². The fourth-order valence-corrected chi connectivity index (χ4v) is 2.65. The number of benzene rings is 2. The molecule has 22 heavy (non-hydrogen) atoms. The van der Waals surface area contributed by atoms with E-state index in [4.69, 9.17) is 0 Å². The minimum absolute atomic E-state index is 0.689. The third kappa shape index (κ3) is 3.43. The summed E-state index contributed by atoms with van der Waals surface area (Å²) in [6, 6.07) is 23.3. The molecular formula is C21H21N. The van der Waals surface area contributed by atoms with E-state index in [1.807, 2.05) is 12.3 Å². The molecule has 0 spiro atoms. The van der Waals surface area contributed by atoms with E-state index < -0.39 is 0 Å². The number of hydrogen-bond donors (Lipinski definition) is 0. The second kappa shape index (κ2) is 6.57. The van der Waals surface area contributed by atoms with Gasteiger partial charge in [0.2, 0.25) is 0 Å². The molecule has 1 heterocycles. The van der Waals surface area contributed by atoms with Gasteiger partial charge in [-0.25, -0.2) is 0 Å². The third-order valence-electron chi connectivity index (χ3n) is 3.76. The van der Waals surface area contributed by atoms with Crippen LogP contribution in [0.5, 0.6) is 0 Å². The molecule has 0 aliphatic rings. The minimum Gasteiger partial charge on any atom is -0.256 e. The highest BCUT2D eigenvalue weighted by atomic mass is 14.7. The van der Waals surface area contributed by atoms with Crippen LogP contribution >= 0.6 is 0 Å². The van der Waals surface area contributed by atoms with Gasteiger partial charge in [0.1, 0.15) is 0 Å². The zero-order valence-corrected chi connectivity index (χ0v) is 13.2. The first-order chi connectivity index (χ1) is 10.7. The lowest BCUT2D eigenvalue weighted by Gasteiger charge is -2.07. The van der Waals surface area contributed by atoms with Crippen molar-refractivity contribution in [3.8, 4) is 22.4 Å². The van der Waals surface area contributed by atoms with Crippen molar-refractivity contribution in [2.24, 2.45) is 5.92 Å². The molecule has 110 valence electrons. The molecule has 2 aromatic carbocycles. The number of nitrogens with zero attached hydrogens (tertiary/aromatic N) is 1.